The van der Waals surface area contributed by atoms with Crippen molar-refractivity contribution in [3.05, 3.63) is 28.3 Å². The normalized spacial score (nSPS) is 14.6. The second kappa shape index (κ2) is 6.89. The lowest BCUT2D eigenvalue weighted by Gasteiger charge is -2.29. The van der Waals surface area contributed by atoms with Gasteiger partial charge < -0.3 is 19.7 Å². The van der Waals surface area contributed by atoms with Crippen LogP contribution in [0, 0.1) is 10.1 Å². The highest BCUT2D eigenvalue weighted by molar-refractivity contribution is 5.71. The zero-order valence-corrected chi connectivity index (χ0v) is 11.7. The van der Waals surface area contributed by atoms with E-state index in [0.29, 0.717) is 0 Å². The minimum Gasteiger partial charge on any atom is -0.475 e. The van der Waals surface area contributed by atoms with Crippen LogP contribution in [0.15, 0.2) is 18.2 Å². The van der Waals surface area contributed by atoms with Gasteiger partial charge in [0, 0.05) is 44.0 Å². The number of nitrogens with zero attached hydrogens (tertiary/aromatic N) is 2. The van der Waals surface area contributed by atoms with Crippen LogP contribution in [0.3, 0.4) is 0 Å². The van der Waals surface area contributed by atoms with Crippen LogP contribution in [0.25, 0.3) is 0 Å². The van der Waals surface area contributed by atoms with Gasteiger partial charge in [-0.15, -0.1) is 0 Å². The Morgan fingerprint density at radius 2 is 2.14 bits per heavy atom. The van der Waals surface area contributed by atoms with Crippen LogP contribution in [-0.4, -0.2) is 50.8 Å². The van der Waals surface area contributed by atoms with Crippen LogP contribution >= 0.6 is 0 Å². The molecule has 8 nitrogen and oxygen atoms in total. The highest BCUT2D eigenvalue weighted by Crippen LogP contribution is 2.31. The third kappa shape index (κ3) is 3.82. The quantitative estimate of drug-likeness (QED) is 0.482. The number of nitro benzene ring substituents is 1. The summed E-state index contributed by atoms with van der Waals surface area (Å²) >= 11 is 0. The van der Waals surface area contributed by atoms with Gasteiger partial charge in [0.15, 0.2) is 12.4 Å². The van der Waals surface area contributed by atoms with E-state index in [0.717, 1.165) is 31.9 Å². The summed E-state index contributed by atoms with van der Waals surface area (Å²) in [5.41, 5.74) is 0.666. The van der Waals surface area contributed by atoms with Crippen molar-refractivity contribution >= 4 is 17.3 Å². The molecule has 0 amide bonds. The topological polar surface area (TPSA) is 93.9 Å². The minimum absolute atomic E-state index is 0.0708. The van der Waals surface area contributed by atoms with E-state index in [2.05, 4.69) is 15.0 Å². The fourth-order valence-electron chi connectivity index (χ4n) is 2.08. The molecule has 1 fully saturated rings. The van der Waals surface area contributed by atoms with Crippen molar-refractivity contribution in [3.63, 3.8) is 0 Å². The Balaban J connectivity index is 2.20. The highest BCUT2D eigenvalue weighted by Gasteiger charge is 2.19. The Morgan fingerprint density at radius 1 is 1.43 bits per heavy atom. The number of anilines is 1. The van der Waals surface area contributed by atoms with Gasteiger partial charge in [-0.3, -0.25) is 10.1 Å². The SMILES string of the molecule is COC(=O)COc1cc(N2CCNCC2)ccc1[N+](=O)[O-]. The fourth-order valence-corrected chi connectivity index (χ4v) is 2.08. The van der Waals surface area contributed by atoms with Gasteiger partial charge in [-0.1, -0.05) is 0 Å². The lowest BCUT2D eigenvalue weighted by atomic mass is 10.2. The number of piperazine rings is 1. The Hall–Kier alpha value is -2.35. The van der Waals surface area contributed by atoms with Gasteiger partial charge in [0.25, 0.3) is 0 Å². The van der Waals surface area contributed by atoms with Gasteiger partial charge >= 0.3 is 11.7 Å². The van der Waals surface area contributed by atoms with Crippen molar-refractivity contribution in [2.24, 2.45) is 0 Å². The highest BCUT2D eigenvalue weighted by atomic mass is 16.6. The standard InChI is InChI=1S/C13H17N3O5/c1-20-13(17)9-21-12-8-10(2-3-11(12)16(18)19)15-6-4-14-5-7-15/h2-3,8,14H,4-7,9H2,1H3. The van der Waals surface area contributed by atoms with Crippen molar-refractivity contribution in [1.82, 2.24) is 5.32 Å². The van der Waals surface area contributed by atoms with Crippen molar-refractivity contribution in [3.8, 4) is 5.75 Å². The largest absolute Gasteiger partial charge is 0.475 e. The van der Waals surface area contributed by atoms with Gasteiger partial charge in [-0.05, 0) is 6.07 Å². The third-order valence-corrected chi connectivity index (χ3v) is 3.20. The van der Waals surface area contributed by atoms with Gasteiger partial charge in [0.1, 0.15) is 0 Å². The van der Waals surface area contributed by atoms with Crippen molar-refractivity contribution < 1.29 is 19.2 Å². The van der Waals surface area contributed by atoms with Crippen LogP contribution in [0.5, 0.6) is 5.75 Å². The molecule has 0 bridgehead atoms. The molecule has 0 atom stereocenters. The molecule has 0 aliphatic carbocycles. The van der Waals surface area contributed by atoms with E-state index < -0.39 is 10.9 Å². The molecule has 1 aromatic rings. The number of benzene rings is 1. The number of rotatable bonds is 5. The van der Waals surface area contributed by atoms with Crippen LogP contribution < -0.4 is 15.0 Å². The van der Waals surface area contributed by atoms with E-state index in [9.17, 15) is 14.9 Å². The zero-order chi connectivity index (χ0) is 15.2. The second-order valence-electron chi connectivity index (χ2n) is 4.51. The number of methoxy groups -OCH3 is 1. The van der Waals surface area contributed by atoms with Crippen molar-refractivity contribution in [2.45, 2.75) is 0 Å². The monoisotopic (exact) mass is 295 g/mol. The molecule has 0 aromatic heterocycles. The third-order valence-electron chi connectivity index (χ3n) is 3.20. The first-order valence-corrected chi connectivity index (χ1v) is 6.55. The van der Waals surface area contributed by atoms with E-state index >= 15 is 0 Å². The fraction of sp³-hybridized carbons (Fsp3) is 0.462. The Labute approximate surface area is 121 Å². The number of hydrogen-bond acceptors (Lipinski definition) is 7. The predicted octanol–water partition coefficient (Wildman–Crippen LogP) is 0.556. The summed E-state index contributed by atoms with van der Waals surface area (Å²) in [5.74, 6) is -0.515. The summed E-state index contributed by atoms with van der Waals surface area (Å²) in [6, 6.07) is 4.67. The molecule has 1 heterocycles. The molecule has 2 rings (SSSR count). The molecular weight excluding hydrogens is 278 g/mol. The Morgan fingerprint density at radius 3 is 2.76 bits per heavy atom. The molecule has 114 valence electrons. The molecule has 1 aromatic carbocycles. The molecule has 1 aliphatic heterocycles. The second-order valence-corrected chi connectivity index (χ2v) is 4.51. The van der Waals surface area contributed by atoms with Gasteiger partial charge in [0.2, 0.25) is 0 Å². The average Bonchev–Trinajstić information content (AvgIpc) is 2.53. The number of nitrogens with one attached hydrogen (secondary N) is 1. The summed E-state index contributed by atoms with van der Waals surface area (Å²) in [7, 11) is 1.23. The van der Waals surface area contributed by atoms with E-state index in [1.165, 1.54) is 13.2 Å². The average molecular weight is 295 g/mol. The molecule has 0 saturated carbocycles. The van der Waals surface area contributed by atoms with Gasteiger partial charge in [-0.2, -0.15) is 0 Å². The van der Waals surface area contributed by atoms with Crippen molar-refractivity contribution in [1.29, 1.82) is 0 Å². The first-order valence-electron chi connectivity index (χ1n) is 6.55. The molecule has 21 heavy (non-hydrogen) atoms. The van der Waals surface area contributed by atoms with E-state index in [4.69, 9.17) is 4.74 Å². The summed E-state index contributed by atoms with van der Waals surface area (Å²) in [5, 5.41) is 14.2. The molecule has 0 spiro atoms. The molecule has 1 N–H and O–H groups in total. The molecule has 0 unspecified atom stereocenters. The maximum atomic E-state index is 11.1. The number of carbonyl (C=O) groups is 1. The van der Waals surface area contributed by atoms with Crippen LogP contribution in [0.1, 0.15) is 0 Å². The molecule has 0 radical (unpaired) electrons. The number of nitro groups is 1. The summed E-state index contributed by atoms with van der Waals surface area (Å²) in [4.78, 5) is 23.7. The smallest absolute Gasteiger partial charge is 0.343 e. The Bertz CT molecular complexity index is 529. The zero-order valence-electron chi connectivity index (χ0n) is 11.7. The van der Waals surface area contributed by atoms with Crippen LogP contribution in [0.2, 0.25) is 0 Å². The first kappa shape index (κ1) is 15.0. The number of esters is 1. The number of ether oxygens (including phenoxy) is 2. The van der Waals surface area contributed by atoms with Gasteiger partial charge in [-0.25, -0.2) is 4.79 Å². The molecule has 8 heteroatoms. The summed E-state index contributed by atoms with van der Waals surface area (Å²) in [6.07, 6.45) is 0. The minimum atomic E-state index is -0.586. The Kier molecular flexibility index (Phi) is 4.94. The predicted molar refractivity (Wildman–Crippen MR) is 75.7 cm³/mol. The molecule has 1 saturated heterocycles. The van der Waals surface area contributed by atoms with E-state index in [-0.39, 0.29) is 18.0 Å². The van der Waals surface area contributed by atoms with Crippen LogP contribution in [-0.2, 0) is 9.53 Å². The number of carbonyl (C=O) groups excluding carboxylic acids is 1. The maximum Gasteiger partial charge on any atom is 0.343 e. The first-order chi connectivity index (χ1) is 10.1. The maximum absolute atomic E-state index is 11.1. The molecule has 1 aliphatic rings. The lowest BCUT2D eigenvalue weighted by Crippen LogP contribution is -2.43. The summed E-state index contributed by atoms with van der Waals surface area (Å²) < 4.78 is 9.69. The van der Waals surface area contributed by atoms with Gasteiger partial charge in [0.05, 0.1) is 12.0 Å². The van der Waals surface area contributed by atoms with Crippen LogP contribution in [0.4, 0.5) is 11.4 Å². The number of hydrogen-bond donors (Lipinski definition) is 1. The van der Waals surface area contributed by atoms with E-state index in [1.54, 1.807) is 12.1 Å². The van der Waals surface area contributed by atoms with E-state index in [1.807, 2.05) is 0 Å². The molecular formula is C13H17N3O5. The lowest BCUT2D eigenvalue weighted by molar-refractivity contribution is -0.385. The summed E-state index contributed by atoms with van der Waals surface area (Å²) in [6.45, 7) is 2.98. The van der Waals surface area contributed by atoms with Crippen molar-refractivity contribution in [2.75, 3.05) is 44.8 Å².